The van der Waals surface area contributed by atoms with E-state index in [1.165, 1.54) is 25.6 Å². The molecule has 0 aliphatic rings. The van der Waals surface area contributed by atoms with Crippen molar-refractivity contribution in [3.63, 3.8) is 0 Å². The molecule has 3 nitrogen and oxygen atoms in total. The third-order valence-electron chi connectivity index (χ3n) is 8.82. The molecule has 7 aromatic carbocycles. The minimum absolute atomic E-state index is 0.879. The summed E-state index contributed by atoms with van der Waals surface area (Å²) >= 11 is 1.84. The van der Waals surface area contributed by atoms with Crippen molar-refractivity contribution >= 4 is 103 Å². The van der Waals surface area contributed by atoms with Gasteiger partial charge in [-0.15, -0.1) is 11.3 Å². The van der Waals surface area contributed by atoms with Gasteiger partial charge in [0.05, 0.1) is 0 Å². The summed E-state index contributed by atoms with van der Waals surface area (Å²) in [7, 11) is 0. The monoisotopic (exact) mass is 581 g/mol. The first-order valence-corrected chi connectivity index (χ1v) is 15.6. The van der Waals surface area contributed by atoms with Crippen LogP contribution in [0.3, 0.4) is 0 Å². The van der Waals surface area contributed by atoms with Gasteiger partial charge in [0, 0.05) is 64.8 Å². The third-order valence-corrected chi connectivity index (χ3v) is 9.95. The van der Waals surface area contributed by atoms with Gasteiger partial charge in [-0.3, -0.25) is 0 Å². The van der Waals surface area contributed by atoms with Crippen LogP contribution in [0.5, 0.6) is 0 Å². The number of hydrogen-bond acceptors (Lipinski definition) is 4. The van der Waals surface area contributed by atoms with E-state index in [0.29, 0.717) is 0 Å². The van der Waals surface area contributed by atoms with Gasteiger partial charge >= 0.3 is 0 Å². The van der Waals surface area contributed by atoms with Crippen molar-refractivity contribution in [1.29, 1.82) is 0 Å². The lowest BCUT2D eigenvalue weighted by Gasteiger charge is -2.26. The minimum Gasteiger partial charge on any atom is -0.456 e. The van der Waals surface area contributed by atoms with Gasteiger partial charge in [0.2, 0.25) is 0 Å². The molecule has 0 unspecified atom stereocenters. The Morgan fingerprint density at radius 1 is 0.364 bits per heavy atom. The Bertz CT molecular complexity index is 2630. The first kappa shape index (κ1) is 23.9. The van der Waals surface area contributed by atoms with E-state index >= 15 is 0 Å². The molecule has 0 radical (unpaired) electrons. The number of furan rings is 2. The number of nitrogens with zero attached hydrogens (tertiary/aromatic N) is 1. The largest absolute Gasteiger partial charge is 0.456 e. The lowest BCUT2D eigenvalue weighted by molar-refractivity contribution is 0.668. The molecule has 0 atom stereocenters. The van der Waals surface area contributed by atoms with Crippen LogP contribution in [0.4, 0.5) is 17.1 Å². The van der Waals surface area contributed by atoms with Gasteiger partial charge in [0.1, 0.15) is 22.3 Å². The van der Waals surface area contributed by atoms with Gasteiger partial charge in [-0.05, 0) is 77.5 Å². The summed E-state index contributed by atoms with van der Waals surface area (Å²) in [5.74, 6) is 0. The Morgan fingerprint density at radius 2 is 0.932 bits per heavy atom. The number of fused-ring (bicyclic) bond motifs is 10. The van der Waals surface area contributed by atoms with Gasteiger partial charge in [-0.25, -0.2) is 0 Å². The zero-order valence-electron chi connectivity index (χ0n) is 23.5. The summed E-state index contributed by atoms with van der Waals surface area (Å²) in [4.78, 5) is 2.34. The summed E-state index contributed by atoms with van der Waals surface area (Å²) in [5.41, 5.74) is 6.84. The third kappa shape index (κ3) is 3.49. The fourth-order valence-corrected chi connectivity index (χ4v) is 7.89. The fourth-order valence-electron chi connectivity index (χ4n) is 6.75. The molecule has 0 aliphatic heterocycles. The number of hydrogen-bond donors (Lipinski definition) is 0. The summed E-state index contributed by atoms with van der Waals surface area (Å²) in [5, 5.41) is 9.43. The molecule has 0 N–H and O–H groups in total. The van der Waals surface area contributed by atoms with E-state index in [-0.39, 0.29) is 0 Å². The van der Waals surface area contributed by atoms with Crippen LogP contribution in [0, 0.1) is 0 Å². The van der Waals surface area contributed by atoms with Crippen molar-refractivity contribution in [2.24, 2.45) is 0 Å². The molecule has 0 fully saturated rings. The van der Waals surface area contributed by atoms with Crippen molar-refractivity contribution in [2.75, 3.05) is 4.90 Å². The first-order chi connectivity index (χ1) is 21.8. The molecule has 0 spiro atoms. The molecular formula is C40H23NO2S. The van der Waals surface area contributed by atoms with Crippen LogP contribution in [0.25, 0.3) is 74.8 Å². The van der Waals surface area contributed by atoms with Gasteiger partial charge in [0.25, 0.3) is 0 Å². The van der Waals surface area contributed by atoms with E-state index in [1.54, 1.807) is 0 Å². The van der Waals surface area contributed by atoms with E-state index in [0.717, 1.165) is 66.3 Å². The zero-order chi connectivity index (χ0) is 28.8. The second-order valence-electron chi connectivity index (χ2n) is 11.4. The van der Waals surface area contributed by atoms with Crippen molar-refractivity contribution in [3.05, 3.63) is 140 Å². The maximum Gasteiger partial charge on any atom is 0.137 e. The number of benzene rings is 7. The molecule has 4 heteroatoms. The number of anilines is 3. The first-order valence-electron chi connectivity index (χ1n) is 14.7. The summed E-state index contributed by atoms with van der Waals surface area (Å²) in [6, 6.07) is 49.6. The zero-order valence-corrected chi connectivity index (χ0v) is 24.3. The van der Waals surface area contributed by atoms with Crippen LogP contribution in [-0.2, 0) is 0 Å². The van der Waals surface area contributed by atoms with Crippen LogP contribution < -0.4 is 4.90 Å². The van der Waals surface area contributed by atoms with Gasteiger partial charge < -0.3 is 13.7 Å². The molecule has 44 heavy (non-hydrogen) atoms. The molecule has 0 aliphatic carbocycles. The van der Waals surface area contributed by atoms with Crippen molar-refractivity contribution in [3.8, 4) is 0 Å². The van der Waals surface area contributed by atoms with Crippen molar-refractivity contribution < 1.29 is 8.83 Å². The molecule has 0 saturated carbocycles. The second kappa shape index (κ2) is 8.96. The highest BCUT2D eigenvalue weighted by molar-refractivity contribution is 7.25. The van der Waals surface area contributed by atoms with Crippen LogP contribution in [0.2, 0.25) is 0 Å². The fraction of sp³-hybridized carbons (Fsp3) is 0. The Kier molecular flexibility index (Phi) is 4.87. The van der Waals surface area contributed by atoms with E-state index in [4.69, 9.17) is 8.83 Å². The maximum atomic E-state index is 6.34. The van der Waals surface area contributed by atoms with Crippen molar-refractivity contribution in [1.82, 2.24) is 0 Å². The highest BCUT2D eigenvalue weighted by Crippen LogP contribution is 2.43. The number of para-hydroxylation sites is 2. The molecule has 0 bridgehead atoms. The number of rotatable bonds is 3. The van der Waals surface area contributed by atoms with Crippen LogP contribution in [0.1, 0.15) is 0 Å². The van der Waals surface area contributed by atoms with Crippen LogP contribution in [-0.4, -0.2) is 0 Å². The van der Waals surface area contributed by atoms with E-state index in [2.05, 4.69) is 120 Å². The van der Waals surface area contributed by atoms with Crippen LogP contribution in [0.15, 0.2) is 148 Å². The SMILES string of the molecule is c1ccc2c(c1)oc1cc(N(c3ccc4cc5oc6ccccc6c5cc4c3)c3ccc4c(c3)sc3ccccc34)ccc12. The summed E-state index contributed by atoms with van der Waals surface area (Å²) in [6.45, 7) is 0. The quantitative estimate of drug-likeness (QED) is 0.208. The molecular weight excluding hydrogens is 559 g/mol. The van der Waals surface area contributed by atoms with E-state index in [1.807, 2.05) is 35.6 Å². The van der Waals surface area contributed by atoms with Crippen molar-refractivity contribution in [2.45, 2.75) is 0 Å². The Balaban J connectivity index is 1.21. The maximum absolute atomic E-state index is 6.34. The molecule has 3 heterocycles. The number of thiophene rings is 1. The Hall–Kier alpha value is -5.58. The standard InChI is InChI=1S/C40H23NO2S/c1-4-10-35-29(7-1)31-17-15-27(22-38(31)43-35)41(28-16-18-33-32-9-3-6-12-39(32)44-40(33)23-28)26-14-13-24-21-37-34(20-25(24)19-26)30-8-2-5-11-36(30)42-37/h1-23H. The summed E-state index contributed by atoms with van der Waals surface area (Å²) in [6.07, 6.45) is 0. The predicted molar refractivity (Wildman–Crippen MR) is 186 cm³/mol. The predicted octanol–water partition coefficient (Wildman–Crippen LogP) is 12.5. The highest BCUT2D eigenvalue weighted by Gasteiger charge is 2.18. The van der Waals surface area contributed by atoms with Gasteiger partial charge in [0.15, 0.2) is 0 Å². The molecule has 10 aromatic rings. The van der Waals surface area contributed by atoms with Crippen LogP contribution >= 0.6 is 11.3 Å². The lowest BCUT2D eigenvalue weighted by Crippen LogP contribution is -2.09. The molecule has 0 saturated heterocycles. The average molecular weight is 582 g/mol. The molecule has 10 rings (SSSR count). The lowest BCUT2D eigenvalue weighted by atomic mass is 10.0. The smallest absolute Gasteiger partial charge is 0.137 e. The molecule has 3 aromatic heterocycles. The normalized spacial score (nSPS) is 12.1. The molecule has 0 amide bonds. The van der Waals surface area contributed by atoms with E-state index < -0.39 is 0 Å². The minimum atomic E-state index is 0.879. The summed E-state index contributed by atoms with van der Waals surface area (Å²) < 4.78 is 15.1. The molecule has 206 valence electrons. The Labute approximate surface area is 255 Å². The highest BCUT2D eigenvalue weighted by atomic mass is 32.1. The van der Waals surface area contributed by atoms with E-state index in [9.17, 15) is 0 Å². The average Bonchev–Trinajstić information content (AvgIpc) is 3.74. The Morgan fingerprint density at radius 3 is 1.75 bits per heavy atom. The second-order valence-corrected chi connectivity index (χ2v) is 12.5. The van der Waals surface area contributed by atoms with Gasteiger partial charge in [-0.2, -0.15) is 0 Å². The topological polar surface area (TPSA) is 29.5 Å². The van der Waals surface area contributed by atoms with Gasteiger partial charge in [-0.1, -0.05) is 66.7 Å².